The molecule has 1 saturated heterocycles. The summed E-state index contributed by atoms with van der Waals surface area (Å²) in [4.78, 5) is 61.2. The summed E-state index contributed by atoms with van der Waals surface area (Å²) in [5.74, 6) is -2.96. The van der Waals surface area contributed by atoms with Crippen LogP contribution in [0.2, 0.25) is 0 Å². The number of anilines is 1. The number of β-lactam (4-membered cyclic amide) rings is 1. The van der Waals surface area contributed by atoms with Gasteiger partial charge in [0.05, 0.1) is 6.20 Å². The molecule has 5 heterocycles. The molecule has 14 nitrogen and oxygen atoms in total. The van der Waals surface area contributed by atoms with E-state index in [2.05, 4.69) is 15.5 Å². The Kier molecular flexibility index (Phi) is 7.92. The van der Waals surface area contributed by atoms with Crippen LogP contribution in [0.5, 0.6) is 0 Å². The van der Waals surface area contributed by atoms with Gasteiger partial charge < -0.3 is 25.7 Å². The molecular formula is C26H28N7O7S2+. The maximum atomic E-state index is 13.3. The number of thioether (sulfide) groups is 1. The standard InChI is InChI=1S/C26H27N7O7S2/c1-26(2,3)40-17(34)11-39-30-18(15-13-42-25(27)28-15)21(35)29-19-22(36)33-20(24(37)38)14(12-41-23(19)33)10-32-9-8-31-7-5-4-6-16(31)32/h4-9,13,19,23H,10-12H2,1-3H3,(H3-,27,28,29,35,37,38)/p+1/b30-18-/t19-,23-/m1/s1. The maximum Gasteiger partial charge on any atom is 0.352 e. The summed E-state index contributed by atoms with van der Waals surface area (Å²) in [6.07, 6.45) is 5.59. The van der Waals surface area contributed by atoms with Crippen LogP contribution in [-0.4, -0.2) is 78.2 Å². The molecule has 2 amide bonds. The molecule has 16 heteroatoms. The minimum Gasteiger partial charge on any atom is -0.477 e. The zero-order chi connectivity index (χ0) is 30.2. The number of carbonyl (C=O) groups excluding carboxylic acids is 3. The Morgan fingerprint density at radius 3 is 2.76 bits per heavy atom. The van der Waals surface area contributed by atoms with Gasteiger partial charge in [-0.2, -0.15) is 0 Å². The van der Waals surface area contributed by atoms with Crippen LogP contribution >= 0.6 is 23.1 Å². The fourth-order valence-electron chi connectivity index (χ4n) is 4.52. The van der Waals surface area contributed by atoms with Crippen LogP contribution in [0.3, 0.4) is 0 Å². The predicted molar refractivity (Wildman–Crippen MR) is 152 cm³/mol. The van der Waals surface area contributed by atoms with Gasteiger partial charge in [-0.3, -0.25) is 14.5 Å². The first kappa shape index (κ1) is 29.1. The number of imidazole rings is 1. The minimum absolute atomic E-state index is 0.0874. The SMILES string of the molecule is CC(C)(C)OC(=O)CO/N=C(\C(=O)N[C@@H]1C(=O)N2C(C(=O)O)=C(C[n+]3ccn4ccccc43)CS[C@H]12)c1csc(N)n1. The van der Waals surface area contributed by atoms with Crippen LogP contribution in [-0.2, 0) is 35.3 Å². The number of carbonyl (C=O) groups is 4. The van der Waals surface area contributed by atoms with E-state index in [1.54, 1.807) is 20.8 Å². The molecule has 4 N–H and O–H groups in total. The highest BCUT2D eigenvalue weighted by Crippen LogP contribution is 2.40. The topological polar surface area (TPSA) is 182 Å². The largest absolute Gasteiger partial charge is 0.477 e. The van der Waals surface area contributed by atoms with Crippen LogP contribution in [0.15, 0.2) is 58.6 Å². The normalized spacial score (nSPS) is 18.9. The van der Waals surface area contributed by atoms with Gasteiger partial charge in [0.15, 0.2) is 10.8 Å². The van der Waals surface area contributed by atoms with E-state index in [0.717, 1.165) is 17.0 Å². The maximum absolute atomic E-state index is 13.3. The molecular weight excluding hydrogens is 586 g/mol. The van der Waals surface area contributed by atoms with Crippen LogP contribution in [0.25, 0.3) is 5.65 Å². The van der Waals surface area contributed by atoms with Crippen LogP contribution in [0.1, 0.15) is 26.5 Å². The van der Waals surface area contributed by atoms with Crippen molar-refractivity contribution >= 4 is 63.3 Å². The summed E-state index contributed by atoms with van der Waals surface area (Å²) in [5, 5.41) is 17.5. The van der Waals surface area contributed by atoms with E-state index in [-0.39, 0.29) is 28.8 Å². The molecule has 0 radical (unpaired) electrons. The molecule has 0 spiro atoms. The van der Waals surface area contributed by atoms with Crippen LogP contribution < -0.4 is 15.6 Å². The lowest BCUT2D eigenvalue weighted by atomic mass is 10.0. The molecule has 1 fully saturated rings. The number of nitrogens with two attached hydrogens (primary N) is 1. The Morgan fingerprint density at radius 2 is 2.07 bits per heavy atom. The summed E-state index contributed by atoms with van der Waals surface area (Å²) < 4.78 is 8.99. The lowest BCUT2D eigenvalue weighted by Gasteiger charge is -2.49. The van der Waals surface area contributed by atoms with Gasteiger partial charge in [-0.1, -0.05) is 11.2 Å². The van der Waals surface area contributed by atoms with Crippen molar-refractivity contribution in [3.63, 3.8) is 0 Å². The summed E-state index contributed by atoms with van der Waals surface area (Å²) in [5.41, 5.74) is 6.11. The average molecular weight is 615 g/mol. The van der Waals surface area contributed by atoms with E-state index in [4.69, 9.17) is 15.3 Å². The van der Waals surface area contributed by atoms with Gasteiger partial charge in [0.2, 0.25) is 6.61 Å². The van der Waals surface area contributed by atoms with Crippen molar-refractivity contribution in [3.05, 3.63) is 59.1 Å². The Balaban J connectivity index is 1.32. The highest BCUT2D eigenvalue weighted by Gasteiger charge is 2.54. The van der Waals surface area contributed by atoms with Gasteiger partial charge >= 0.3 is 11.9 Å². The zero-order valence-electron chi connectivity index (χ0n) is 22.8. The number of carboxylic acid groups (broad SMARTS) is 1. The van der Waals surface area contributed by atoms with E-state index in [0.29, 0.717) is 11.3 Å². The van der Waals surface area contributed by atoms with Gasteiger partial charge in [0.25, 0.3) is 17.5 Å². The number of ether oxygens (including phenoxy) is 1. The van der Waals surface area contributed by atoms with E-state index < -0.39 is 47.4 Å². The number of rotatable bonds is 9. The first-order valence-corrected chi connectivity index (χ1v) is 14.6. The van der Waals surface area contributed by atoms with Gasteiger partial charge in [-0.15, -0.1) is 23.1 Å². The molecule has 3 aromatic heterocycles. The Labute approximate surface area is 247 Å². The minimum atomic E-state index is -1.23. The number of pyridine rings is 1. The summed E-state index contributed by atoms with van der Waals surface area (Å²) in [7, 11) is 0. The number of aliphatic carboxylic acids is 1. The van der Waals surface area contributed by atoms with E-state index in [9.17, 15) is 24.3 Å². The molecule has 5 rings (SSSR count). The van der Waals surface area contributed by atoms with Crippen molar-refractivity contribution in [1.82, 2.24) is 19.6 Å². The number of fused-ring (bicyclic) bond motifs is 2. The molecule has 0 unspecified atom stereocenters. The number of oxime groups is 1. The molecule has 2 aliphatic rings. The fourth-order valence-corrected chi connectivity index (χ4v) is 6.40. The summed E-state index contributed by atoms with van der Waals surface area (Å²) in [6.45, 7) is 4.81. The summed E-state index contributed by atoms with van der Waals surface area (Å²) >= 11 is 2.41. The van der Waals surface area contributed by atoms with Gasteiger partial charge in [-0.25, -0.2) is 23.5 Å². The van der Waals surface area contributed by atoms with Crippen molar-refractivity contribution in [3.8, 4) is 0 Å². The van der Waals surface area contributed by atoms with E-state index in [1.165, 1.54) is 22.0 Å². The number of hydrogen-bond acceptors (Lipinski definition) is 11. The van der Waals surface area contributed by atoms with E-state index >= 15 is 0 Å². The Bertz CT molecular complexity index is 1640. The van der Waals surface area contributed by atoms with Crippen molar-refractivity contribution in [2.75, 3.05) is 18.1 Å². The highest BCUT2D eigenvalue weighted by molar-refractivity contribution is 8.00. The quantitative estimate of drug-likeness (QED) is 0.102. The smallest absolute Gasteiger partial charge is 0.352 e. The molecule has 0 bridgehead atoms. The predicted octanol–water partition coefficient (Wildman–Crippen LogP) is 0.767. The molecule has 42 heavy (non-hydrogen) atoms. The van der Waals surface area contributed by atoms with Crippen molar-refractivity contribution in [2.24, 2.45) is 5.16 Å². The third kappa shape index (κ3) is 5.94. The molecule has 2 aliphatic heterocycles. The van der Waals surface area contributed by atoms with Gasteiger partial charge in [0, 0.05) is 22.8 Å². The molecule has 0 aromatic carbocycles. The lowest BCUT2D eigenvalue weighted by molar-refractivity contribution is -0.662. The number of nitrogens with zero attached hydrogens (tertiary/aromatic N) is 5. The van der Waals surface area contributed by atoms with Gasteiger partial charge in [0.1, 0.15) is 47.3 Å². The molecule has 2 atom stereocenters. The average Bonchev–Trinajstić information content (AvgIpc) is 3.54. The molecule has 3 aromatic rings. The number of aromatic nitrogens is 3. The molecule has 0 saturated carbocycles. The van der Waals surface area contributed by atoms with Crippen molar-refractivity contribution in [1.29, 1.82) is 0 Å². The molecule has 220 valence electrons. The first-order valence-electron chi connectivity index (χ1n) is 12.7. The number of thiazole rings is 1. The zero-order valence-corrected chi connectivity index (χ0v) is 24.5. The van der Waals surface area contributed by atoms with Gasteiger partial charge in [-0.05, 0) is 26.8 Å². The van der Waals surface area contributed by atoms with Crippen LogP contribution in [0, 0.1) is 0 Å². The second kappa shape index (κ2) is 11.4. The van der Waals surface area contributed by atoms with Crippen molar-refractivity contribution < 1.29 is 38.4 Å². The number of amides is 2. The first-order chi connectivity index (χ1) is 19.9. The number of carboxylic acids is 1. The van der Waals surface area contributed by atoms with E-state index in [1.807, 2.05) is 45.8 Å². The second-order valence-corrected chi connectivity index (χ2v) is 12.4. The van der Waals surface area contributed by atoms with Crippen molar-refractivity contribution in [2.45, 2.75) is 44.3 Å². The number of hydrogen-bond donors (Lipinski definition) is 3. The summed E-state index contributed by atoms with van der Waals surface area (Å²) in [6, 6.07) is 4.66. The highest BCUT2D eigenvalue weighted by atomic mass is 32.2. The van der Waals surface area contributed by atoms with Crippen LogP contribution in [0.4, 0.5) is 5.13 Å². The second-order valence-electron chi connectivity index (χ2n) is 10.4. The third-order valence-corrected chi connectivity index (χ3v) is 8.22. The third-order valence-electron chi connectivity index (χ3n) is 6.20. The molecule has 0 aliphatic carbocycles. The Hall–Kier alpha value is -4.44. The lowest BCUT2D eigenvalue weighted by Crippen LogP contribution is -2.71. The fraction of sp³-hybridized carbons (Fsp3) is 0.346. The number of nitrogens with one attached hydrogen (secondary N) is 1. The number of nitrogen functional groups attached to an aromatic ring is 1. The number of esters is 1. The monoisotopic (exact) mass is 614 g/mol. The Morgan fingerprint density at radius 1 is 1.29 bits per heavy atom.